The van der Waals surface area contributed by atoms with Gasteiger partial charge in [0.05, 0.1) is 7.11 Å². The van der Waals surface area contributed by atoms with Gasteiger partial charge in [0.1, 0.15) is 11.4 Å². The maximum absolute atomic E-state index is 5.35. The topological polar surface area (TPSA) is 64.9 Å². The molecule has 6 nitrogen and oxygen atoms in total. The molecule has 96 valence electrons. The molecule has 0 unspecified atom stereocenters. The minimum absolute atomic E-state index is 0.763. The van der Waals surface area contributed by atoms with Crippen LogP contribution >= 0.6 is 0 Å². The first kappa shape index (κ1) is 12.5. The lowest BCUT2D eigenvalue weighted by Gasteiger charge is -2.10. The standard InChI is InChI=1S/C12H17N5O/c1-9-4-5-11(18-3)10(8-9)17-12(6-7-13-2)14-15-16-17/h4-5,8,13H,6-7H2,1-3H3. The van der Waals surface area contributed by atoms with Crippen molar-refractivity contribution in [1.82, 2.24) is 25.5 Å². The zero-order valence-electron chi connectivity index (χ0n) is 10.8. The Bertz CT molecular complexity index is 523. The van der Waals surface area contributed by atoms with E-state index in [4.69, 9.17) is 4.74 Å². The number of nitrogens with zero attached hydrogens (tertiary/aromatic N) is 4. The molecule has 0 atom stereocenters. The molecular formula is C12H17N5O. The first-order chi connectivity index (χ1) is 8.76. The molecule has 0 radical (unpaired) electrons. The second kappa shape index (κ2) is 5.59. The number of hydrogen-bond donors (Lipinski definition) is 1. The molecule has 0 amide bonds. The van der Waals surface area contributed by atoms with Crippen LogP contribution in [0.2, 0.25) is 0 Å². The van der Waals surface area contributed by atoms with Gasteiger partial charge in [-0.3, -0.25) is 0 Å². The molecule has 2 rings (SSSR count). The lowest BCUT2D eigenvalue weighted by Crippen LogP contribution is -2.14. The third kappa shape index (κ3) is 2.48. The summed E-state index contributed by atoms with van der Waals surface area (Å²) in [6.07, 6.45) is 0.764. The monoisotopic (exact) mass is 247 g/mol. The highest BCUT2D eigenvalue weighted by Gasteiger charge is 2.12. The van der Waals surface area contributed by atoms with Gasteiger partial charge in [0.15, 0.2) is 5.82 Å². The fourth-order valence-electron chi connectivity index (χ4n) is 1.75. The molecule has 1 aromatic carbocycles. The summed E-state index contributed by atoms with van der Waals surface area (Å²) < 4.78 is 7.08. The number of aromatic nitrogens is 4. The maximum atomic E-state index is 5.35. The summed E-state index contributed by atoms with van der Waals surface area (Å²) in [6.45, 7) is 2.86. The van der Waals surface area contributed by atoms with Gasteiger partial charge in [-0.25, -0.2) is 0 Å². The number of tetrazole rings is 1. The zero-order valence-corrected chi connectivity index (χ0v) is 10.8. The third-order valence-corrected chi connectivity index (χ3v) is 2.70. The first-order valence-electron chi connectivity index (χ1n) is 5.83. The number of nitrogens with one attached hydrogen (secondary N) is 1. The number of aryl methyl sites for hydroxylation is 1. The molecule has 2 aromatic rings. The van der Waals surface area contributed by atoms with Crippen LogP contribution in [0, 0.1) is 6.92 Å². The Labute approximate surface area is 106 Å². The highest BCUT2D eigenvalue weighted by molar-refractivity contribution is 5.48. The van der Waals surface area contributed by atoms with Gasteiger partial charge in [0, 0.05) is 13.0 Å². The highest BCUT2D eigenvalue weighted by Crippen LogP contribution is 2.23. The largest absolute Gasteiger partial charge is 0.494 e. The SMILES string of the molecule is CNCCc1nnnn1-c1cc(C)ccc1OC. The van der Waals surface area contributed by atoms with Gasteiger partial charge in [-0.1, -0.05) is 6.07 Å². The van der Waals surface area contributed by atoms with Gasteiger partial charge in [-0.2, -0.15) is 4.68 Å². The molecule has 0 saturated heterocycles. The van der Waals surface area contributed by atoms with Gasteiger partial charge < -0.3 is 10.1 Å². The predicted octanol–water partition coefficient (Wildman–Crippen LogP) is 0.741. The Morgan fingerprint density at radius 2 is 2.22 bits per heavy atom. The smallest absolute Gasteiger partial charge is 0.158 e. The lowest BCUT2D eigenvalue weighted by atomic mass is 10.2. The van der Waals surface area contributed by atoms with E-state index in [1.54, 1.807) is 11.8 Å². The average molecular weight is 247 g/mol. The van der Waals surface area contributed by atoms with E-state index in [1.165, 1.54) is 0 Å². The normalized spacial score (nSPS) is 10.6. The van der Waals surface area contributed by atoms with E-state index >= 15 is 0 Å². The van der Waals surface area contributed by atoms with Crippen LogP contribution < -0.4 is 10.1 Å². The molecule has 1 N–H and O–H groups in total. The molecule has 0 saturated carbocycles. The predicted molar refractivity (Wildman–Crippen MR) is 68.1 cm³/mol. The summed E-state index contributed by atoms with van der Waals surface area (Å²) in [5.74, 6) is 1.58. The molecule has 0 aliphatic rings. The van der Waals surface area contributed by atoms with Crippen molar-refractivity contribution in [2.24, 2.45) is 0 Å². The average Bonchev–Trinajstić information content (AvgIpc) is 2.84. The van der Waals surface area contributed by atoms with Crippen LogP contribution in [-0.2, 0) is 6.42 Å². The van der Waals surface area contributed by atoms with Crippen molar-refractivity contribution in [3.63, 3.8) is 0 Å². The third-order valence-electron chi connectivity index (χ3n) is 2.70. The molecule has 1 heterocycles. The Hall–Kier alpha value is -1.95. The number of hydrogen-bond acceptors (Lipinski definition) is 5. The number of ether oxygens (including phenoxy) is 1. The lowest BCUT2D eigenvalue weighted by molar-refractivity contribution is 0.410. The van der Waals surface area contributed by atoms with E-state index in [0.717, 1.165) is 35.8 Å². The Morgan fingerprint density at radius 1 is 1.39 bits per heavy atom. The zero-order chi connectivity index (χ0) is 13.0. The second-order valence-electron chi connectivity index (χ2n) is 4.04. The highest BCUT2D eigenvalue weighted by atomic mass is 16.5. The number of benzene rings is 1. The first-order valence-corrected chi connectivity index (χ1v) is 5.83. The Morgan fingerprint density at radius 3 is 2.94 bits per heavy atom. The number of rotatable bonds is 5. The molecule has 18 heavy (non-hydrogen) atoms. The van der Waals surface area contributed by atoms with Gasteiger partial charge in [0.25, 0.3) is 0 Å². The second-order valence-corrected chi connectivity index (χ2v) is 4.04. The van der Waals surface area contributed by atoms with E-state index in [2.05, 4.69) is 20.8 Å². The van der Waals surface area contributed by atoms with Crippen molar-refractivity contribution in [1.29, 1.82) is 0 Å². The van der Waals surface area contributed by atoms with Crippen molar-refractivity contribution in [3.8, 4) is 11.4 Å². The van der Waals surface area contributed by atoms with Crippen molar-refractivity contribution in [2.75, 3.05) is 20.7 Å². The quantitative estimate of drug-likeness (QED) is 0.844. The van der Waals surface area contributed by atoms with Crippen LogP contribution in [0.4, 0.5) is 0 Å². The van der Waals surface area contributed by atoms with Crippen LogP contribution in [0.15, 0.2) is 18.2 Å². The molecule has 1 aromatic heterocycles. The Balaban J connectivity index is 2.41. The molecule has 6 heteroatoms. The molecule has 0 fully saturated rings. The molecule has 0 aliphatic heterocycles. The van der Waals surface area contributed by atoms with Crippen LogP contribution in [-0.4, -0.2) is 40.9 Å². The minimum atomic E-state index is 0.763. The number of likely N-dealkylation sites (N-methyl/N-ethyl adjacent to an activating group) is 1. The molecule has 0 bridgehead atoms. The fourth-order valence-corrected chi connectivity index (χ4v) is 1.75. The van der Waals surface area contributed by atoms with Gasteiger partial charge in [-0.15, -0.1) is 5.10 Å². The van der Waals surface area contributed by atoms with Crippen LogP contribution in [0.25, 0.3) is 5.69 Å². The Kier molecular flexibility index (Phi) is 3.88. The van der Waals surface area contributed by atoms with E-state index in [0.29, 0.717) is 0 Å². The molecular weight excluding hydrogens is 230 g/mol. The summed E-state index contributed by atoms with van der Waals surface area (Å²) in [5, 5.41) is 14.9. The summed E-state index contributed by atoms with van der Waals surface area (Å²) in [6, 6.07) is 5.94. The molecule has 0 spiro atoms. The van der Waals surface area contributed by atoms with Crippen molar-refractivity contribution >= 4 is 0 Å². The van der Waals surface area contributed by atoms with E-state index < -0.39 is 0 Å². The van der Waals surface area contributed by atoms with E-state index in [-0.39, 0.29) is 0 Å². The summed E-state index contributed by atoms with van der Waals surface area (Å²) in [5.41, 5.74) is 2.01. The van der Waals surface area contributed by atoms with Crippen molar-refractivity contribution in [2.45, 2.75) is 13.3 Å². The van der Waals surface area contributed by atoms with Crippen LogP contribution in [0.5, 0.6) is 5.75 Å². The van der Waals surface area contributed by atoms with Crippen LogP contribution in [0.1, 0.15) is 11.4 Å². The number of methoxy groups -OCH3 is 1. The van der Waals surface area contributed by atoms with E-state index in [1.807, 2.05) is 32.2 Å². The summed E-state index contributed by atoms with van der Waals surface area (Å²) in [7, 11) is 3.55. The van der Waals surface area contributed by atoms with Crippen molar-refractivity contribution < 1.29 is 4.74 Å². The minimum Gasteiger partial charge on any atom is -0.494 e. The summed E-state index contributed by atoms with van der Waals surface area (Å²) in [4.78, 5) is 0. The van der Waals surface area contributed by atoms with E-state index in [9.17, 15) is 0 Å². The van der Waals surface area contributed by atoms with Crippen molar-refractivity contribution in [3.05, 3.63) is 29.6 Å². The van der Waals surface area contributed by atoms with Gasteiger partial charge in [-0.05, 0) is 42.1 Å². The maximum Gasteiger partial charge on any atom is 0.158 e. The summed E-state index contributed by atoms with van der Waals surface area (Å²) >= 11 is 0. The van der Waals surface area contributed by atoms with Gasteiger partial charge in [0.2, 0.25) is 0 Å². The van der Waals surface area contributed by atoms with Gasteiger partial charge >= 0.3 is 0 Å². The molecule has 0 aliphatic carbocycles. The van der Waals surface area contributed by atoms with Crippen LogP contribution in [0.3, 0.4) is 0 Å². The fraction of sp³-hybridized carbons (Fsp3) is 0.417.